The number of benzene rings is 2. The van der Waals surface area contributed by atoms with Gasteiger partial charge in [0.25, 0.3) is 0 Å². The highest BCUT2D eigenvalue weighted by Gasteiger charge is 2.36. The first-order chi connectivity index (χ1) is 17.2. The topological polar surface area (TPSA) is 87.0 Å². The van der Waals surface area contributed by atoms with Gasteiger partial charge in [0.05, 0.1) is 25.2 Å². The fraction of sp³-hybridized carbons (Fsp3) is 0.448. The number of esters is 1. The number of methoxy groups -OCH3 is 1. The Bertz CT molecular complexity index is 1270. The Hall–Kier alpha value is -3.48. The van der Waals surface area contributed by atoms with Crippen LogP contribution in [0.1, 0.15) is 81.5 Å². The molecule has 1 aliphatic carbocycles. The lowest BCUT2D eigenvalue weighted by atomic mass is 9.80. The lowest BCUT2D eigenvalue weighted by molar-refractivity contribution is -0.146. The summed E-state index contributed by atoms with van der Waals surface area (Å²) in [5.41, 5.74) is 4.82. The molecule has 0 saturated carbocycles. The van der Waals surface area contributed by atoms with Crippen molar-refractivity contribution >= 4 is 22.8 Å². The van der Waals surface area contributed by atoms with Crippen molar-refractivity contribution in [2.75, 3.05) is 20.3 Å². The van der Waals surface area contributed by atoms with Crippen LogP contribution >= 0.6 is 0 Å². The number of carboxylic acid groups (broad SMARTS) is 1. The second-order valence-electron chi connectivity index (χ2n) is 9.81. The second kappa shape index (κ2) is 10.6. The van der Waals surface area contributed by atoms with E-state index in [4.69, 9.17) is 14.2 Å². The van der Waals surface area contributed by atoms with E-state index in [-0.39, 0.29) is 12.5 Å². The molecule has 1 heterocycles. The molecule has 1 aromatic heterocycles. The summed E-state index contributed by atoms with van der Waals surface area (Å²) >= 11 is 0. The molecule has 4 rings (SSSR count). The zero-order valence-corrected chi connectivity index (χ0v) is 21.7. The second-order valence-corrected chi connectivity index (χ2v) is 9.81. The van der Waals surface area contributed by atoms with Crippen molar-refractivity contribution < 1.29 is 28.9 Å². The van der Waals surface area contributed by atoms with E-state index < -0.39 is 17.9 Å². The first-order valence-electron chi connectivity index (χ1n) is 12.6. The van der Waals surface area contributed by atoms with Crippen LogP contribution in [0.3, 0.4) is 0 Å². The Morgan fingerprint density at radius 2 is 1.89 bits per heavy atom. The fourth-order valence-electron chi connectivity index (χ4n) is 5.06. The molecule has 0 aliphatic heterocycles. The number of ether oxygens (including phenoxy) is 3. The number of nitrogens with zero attached hydrogens (tertiary/aromatic N) is 1. The maximum atomic E-state index is 12.3. The third-order valence-electron chi connectivity index (χ3n) is 6.92. The monoisotopic (exact) mass is 493 g/mol. The number of carboxylic acids is 1. The molecule has 0 radical (unpaired) electrons. The van der Waals surface area contributed by atoms with Crippen molar-refractivity contribution in [3.8, 4) is 17.2 Å². The molecule has 1 aliphatic rings. The number of hydrogen-bond donors (Lipinski definition) is 1. The van der Waals surface area contributed by atoms with Crippen LogP contribution in [0.25, 0.3) is 16.6 Å². The number of hydrogen-bond acceptors (Lipinski definition) is 5. The summed E-state index contributed by atoms with van der Waals surface area (Å²) in [4.78, 5) is 24.3. The standard InChI is InChI=1S/C29H35NO6/c1-6-11-35-26(31)16-36-21-8-10-25-24(15-21)27-23(29(32)33)9-7-18(4)28(27)30(25)20-12-19(17(2)3)13-22(14-20)34-5/h8,10,12-15,17-18,23H,6-7,9,11,16H2,1-5H3,(H,32,33). The molecule has 0 saturated heterocycles. The minimum Gasteiger partial charge on any atom is -0.497 e. The molecule has 0 amide bonds. The van der Waals surface area contributed by atoms with Crippen LogP contribution < -0.4 is 9.47 Å². The summed E-state index contributed by atoms with van der Waals surface area (Å²) in [6.45, 7) is 8.52. The van der Waals surface area contributed by atoms with E-state index in [1.54, 1.807) is 7.11 Å². The summed E-state index contributed by atoms with van der Waals surface area (Å²) in [5.74, 6) is -0.128. The predicted molar refractivity (Wildman–Crippen MR) is 139 cm³/mol. The van der Waals surface area contributed by atoms with E-state index in [9.17, 15) is 14.7 Å². The van der Waals surface area contributed by atoms with Crippen molar-refractivity contribution in [3.05, 3.63) is 53.2 Å². The normalized spacial score (nSPS) is 17.2. The highest BCUT2D eigenvalue weighted by molar-refractivity contribution is 5.94. The number of aliphatic carboxylic acids is 1. The SMILES string of the molecule is CCCOC(=O)COc1ccc2c(c1)c1c(n2-c2cc(OC)cc(C(C)C)c2)C(C)CCC1C(=O)O. The Kier molecular flexibility index (Phi) is 7.57. The number of aromatic nitrogens is 1. The van der Waals surface area contributed by atoms with E-state index in [0.29, 0.717) is 24.7 Å². The van der Waals surface area contributed by atoms with Crippen molar-refractivity contribution in [3.63, 3.8) is 0 Å². The van der Waals surface area contributed by atoms with Gasteiger partial charge in [-0.15, -0.1) is 0 Å². The summed E-state index contributed by atoms with van der Waals surface area (Å²) in [7, 11) is 1.66. The maximum Gasteiger partial charge on any atom is 0.344 e. The van der Waals surface area contributed by atoms with Crippen molar-refractivity contribution in [2.45, 2.75) is 64.7 Å². The Morgan fingerprint density at radius 3 is 2.56 bits per heavy atom. The van der Waals surface area contributed by atoms with Gasteiger partial charge in [-0.2, -0.15) is 0 Å². The van der Waals surface area contributed by atoms with E-state index in [1.165, 1.54) is 0 Å². The van der Waals surface area contributed by atoms with Gasteiger partial charge >= 0.3 is 11.9 Å². The van der Waals surface area contributed by atoms with E-state index in [1.807, 2.05) is 37.3 Å². The first-order valence-corrected chi connectivity index (χ1v) is 12.6. The van der Waals surface area contributed by atoms with Crippen LogP contribution in [-0.2, 0) is 14.3 Å². The lowest BCUT2D eigenvalue weighted by Gasteiger charge is -2.27. The molecule has 2 atom stereocenters. The summed E-state index contributed by atoms with van der Waals surface area (Å²) in [6.07, 6.45) is 2.11. The molecule has 2 aromatic carbocycles. The molecule has 0 spiro atoms. The van der Waals surface area contributed by atoms with Crippen LogP contribution in [0, 0.1) is 0 Å². The first kappa shape index (κ1) is 25.6. The van der Waals surface area contributed by atoms with Gasteiger partial charge in [-0.3, -0.25) is 4.79 Å². The Morgan fingerprint density at radius 1 is 1.11 bits per heavy atom. The number of carbonyl (C=O) groups excluding carboxylic acids is 1. The zero-order valence-electron chi connectivity index (χ0n) is 21.7. The zero-order chi connectivity index (χ0) is 26.0. The highest BCUT2D eigenvalue weighted by atomic mass is 16.6. The third kappa shape index (κ3) is 4.92. The average molecular weight is 494 g/mol. The average Bonchev–Trinajstić information content (AvgIpc) is 3.21. The minimum atomic E-state index is -0.829. The van der Waals surface area contributed by atoms with Gasteiger partial charge in [0.1, 0.15) is 11.5 Å². The van der Waals surface area contributed by atoms with Gasteiger partial charge in [-0.05, 0) is 72.6 Å². The molecule has 192 valence electrons. The van der Waals surface area contributed by atoms with Crippen LogP contribution in [0.2, 0.25) is 0 Å². The van der Waals surface area contributed by atoms with Crippen LogP contribution in [0.5, 0.6) is 11.5 Å². The fourth-order valence-corrected chi connectivity index (χ4v) is 5.06. The highest BCUT2D eigenvalue weighted by Crippen LogP contribution is 2.47. The lowest BCUT2D eigenvalue weighted by Crippen LogP contribution is -2.20. The van der Waals surface area contributed by atoms with Crippen molar-refractivity contribution in [2.24, 2.45) is 0 Å². The molecular weight excluding hydrogens is 458 g/mol. The molecule has 7 heteroatoms. The Labute approximate surface area is 212 Å². The number of carbonyl (C=O) groups is 2. The van der Waals surface area contributed by atoms with Crippen molar-refractivity contribution in [1.29, 1.82) is 0 Å². The predicted octanol–water partition coefficient (Wildman–Crippen LogP) is 6.16. The Balaban J connectivity index is 1.90. The molecule has 0 bridgehead atoms. The van der Waals surface area contributed by atoms with Gasteiger partial charge < -0.3 is 23.9 Å². The molecule has 1 N–H and O–H groups in total. The number of fused-ring (bicyclic) bond motifs is 3. The molecule has 7 nitrogen and oxygen atoms in total. The van der Waals surface area contributed by atoms with E-state index >= 15 is 0 Å². The summed E-state index contributed by atoms with van der Waals surface area (Å²) in [5, 5.41) is 10.9. The molecule has 3 aromatic rings. The largest absolute Gasteiger partial charge is 0.497 e. The van der Waals surface area contributed by atoms with E-state index in [0.717, 1.165) is 52.0 Å². The minimum absolute atomic E-state index is 0.171. The smallest absolute Gasteiger partial charge is 0.344 e. The molecule has 36 heavy (non-hydrogen) atoms. The third-order valence-corrected chi connectivity index (χ3v) is 6.92. The number of rotatable bonds is 9. The quantitative estimate of drug-likeness (QED) is 0.359. The molecule has 2 unspecified atom stereocenters. The van der Waals surface area contributed by atoms with Crippen LogP contribution in [-0.4, -0.2) is 41.9 Å². The maximum absolute atomic E-state index is 12.3. The van der Waals surface area contributed by atoms with Crippen molar-refractivity contribution in [1.82, 2.24) is 4.57 Å². The molecule has 0 fully saturated rings. The summed E-state index contributed by atoms with van der Waals surface area (Å²) in [6, 6.07) is 11.8. The van der Waals surface area contributed by atoms with Crippen LogP contribution in [0.15, 0.2) is 36.4 Å². The van der Waals surface area contributed by atoms with Gasteiger partial charge in [0.15, 0.2) is 6.61 Å². The van der Waals surface area contributed by atoms with Crippen LogP contribution in [0.4, 0.5) is 0 Å². The summed E-state index contributed by atoms with van der Waals surface area (Å²) < 4.78 is 18.6. The molecular formula is C29H35NO6. The van der Waals surface area contributed by atoms with Gasteiger partial charge in [-0.1, -0.05) is 27.7 Å². The van der Waals surface area contributed by atoms with E-state index in [2.05, 4.69) is 31.4 Å². The van der Waals surface area contributed by atoms with Gasteiger partial charge in [0.2, 0.25) is 0 Å². The van der Waals surface area contributed by atoms with Gasteiger partial charge in [-0.25, -0.2) is 4.79 Å². The van der Waals surface area contributed by atoms with Gasteiger partial charge in [0, 0.05) is 22.8 Å².